The number of nitrogens with zero attached hydrogens (tertiary/aromatic N) is 3. The number of hydrogen-bond donors (Lipinski definition) is 3. The van der Waals surface area contributed by atoms with Crippen molar-refractivity contribution in [3.63, 3.8) is 0 Å². The molecule has 28 heavy (non-hydrogen) atoms. The highest BCUT2D eigenvalue weighted by Crippen LogP contribution is 2.36. The second-order valence-electron chi connectivity index (χ2n) is 6.49. The lowest BCUT2D eigenvalue weighted by Gasteiger charge is -2.33. The van der Waals surface area contributed by atoms with Crippen molar-refractivity contribution in [2.45, 2.75) is 20.4 Å². The van der Waals surface area contributed by atoms with Gasteiger partial charge in [0.05, 0.1) is 17.5 Å². The van der Waals surface area contributed by atoms with E-state index in [1.165, 1.54) is 6.20 Å². The van der Waals surface area contributed by atoms with Crippen molar-refractivity contribution in [2.75, 3.05) is 38.2 Å². The fourth-order valence-electron chi connectivity index (χ4n) is 3.28. The fraction of sp³-hybridized carbons (Fsp3) is 0.444. The van der Waals surface area contributed by atoms with E-state index in [2.05, 4.69) is 5.43 Å². The van der Waals surface area contributed by atoms with Gasteiger partial charge in [-0.25, -0.2) is 19.2 Å². The number of aromatic carboxylic acids is 1. The van der Waals surface area contributed by atoms with E-state index in [1.807, 2.05) is 11.9 Å². The Kier molecular flexibility index (Phi) is 5.82. The molecule has 2 aromatic rings. The highest BCUT2D eigenvalue weighted by molar-refractivity contribution is 5.96. The van der Waals surface area contributed by atoms with Crippen molar-refractivity contribution in [2.24, 2.45) is 5.84 Å². The second-order valence-corrected chi connectivity index (χ2v) is 6.49. The number of piperazine rings is 1. The SMILES string of the molecule is CCOc1c(NN2CCN(N)CC2)c(F)cc2c(=O)c(C(=O)O)cn(CC)c12. The molecule has 9 nitrogen and oxygen atoms in total. The molecule has 152 valence electrons. The number of anilines is 1. The molecule has 1 saturated heterocycles. The predicted molar refractivity (Wildman–Crippen MR) is 103 cm³/mol. The summed E-state index contributed by atoms with van der Waals surface area (Å²) in [5.74, 6) is 3.90. The first-order valence-electron chi connectivity index (χ1n) is 9.14. The third-order valence-corrected chi connectivity index (χ3v) is 4.71. The minimum atomic E-state index is -1.35. The normalized spacial score (nSPS) is 15.7. The van der Waals surface area contributed by atoms with Crippen LogP contribution in [0.25, 0.3) is 10.9 Å². The molecule has 1 aliphatic rings. The van der Waals surface area contributed by atoms with Gasteiger partial charge in [-0.15, -0.1) is 0 Å². The number of nitrogens with one attached hydrogen (secondary N) is 1. The number of hydrazine groups is 2. The molecule has 0 atom stereocenters. The van der Waals surface area contributed by atoms with E-state index >= 15 is 0 Å². The zero-order valence-corrected chi connectivity index (χ0v) is 15.9. The summed E-state index contributed by atoms with van der Waals surface area (Å²) < 4.78 is 22.3. The summed E-state index contributed by atoms with van der Waals surface area (Å²) in [6.45, 7) is 6.60. The predicted octanol–water partition coefficient (Wildman–Crippen LogP) is 1.08. The first kappa shape index (κ1) is 20.1. The van der Waals surface area contributed by atoms with Crippen LogP contribution >= 0.6 is 0 Å². The molecule has 1 aromatic carbocycles. The standard InChI is InChI=1S/C18H24FN5O4/c1-3-22-10-12(18(26)27)16(25)11-9-13(19)14(17(15(11)22)28-4-2)21-24-7-5-23(20)6-8-24/h9-10,21H,3-8,20H2,1-2H3,(H,26,27). The van der Waals surface area contributed by atoms with Gasteiger partial charge in [0.25, 0.3) is 0 Å². The van der Waals surface area contributed by atoms with Gasteiger partial charge in [0.15, 0.2) is 11.6 Å². The van der Waals surface area contributed by atoms with Crippen molar-refractivity contribution >= 4 is 22.6 Å². The van der Waals surface area contributed by atoms with Gasteiger partial charge >= 0.3 is 5.97 Å². The third kappa shape index (κ3) is 3.66. The Balaban J connectivity index is 2.20. The largest absolute Gasteiger partial charge is 0.489 e. The Morgan fingerprint density at radius 1 is 1.32 bits per heavy atom. The summed E-state index contributed by atoms with van der Waals surface area (Å²) in [7, 11) is 0. The Hall–Kier alpha value is -2.69. The smallest absolute Gasteiger partial charge is 0.341 e. The highest BCUT2D eigenvalue weighted by Gasteiger charge is 2.24. The van der Waals surface area contributed by atoms with Crippen molar-refractivity contribution in [1.29, 1.82) is 0 Å². The summed E-state index contributed by atoms with van der Waals surface area (Å²) in [6.07, 6.45) is 1.27. The van der Waals surface area contributed by atoms with Crippen LogP contribution in [0, 0.1) is 5.82 Å². The van der Waals surface area contributed by atoms with E-state index in [0.717, 1.165) is 6.07 Å². The lowest BCUT2D eigenvalue weighted by atomic mass is 10.1. The van der Waals surface area contributed by atoms with Gasteiger partial charge in [-0.05, 0) is 19.9 Å². The van der Waals surface area contributed by atoms with Gasteiger partial charge in [-0.2, -0.15) is 0 Å². The average Bonchev–Trinajstić information content (AvgIpc) is 2.66. The molecule has 10 heteroatoms. The number of aryl methyl sites for hydroxylation is 1. The van der Waals surface area contributed by atoms with Crippen LogP contribution in [0.5, 0.6) is 5.75 Å². The summed E-state index contributed by atoms with van der Waals surface area (Å²) in [6, 6.07) is 1.07. The summed E-state index contributed by atoms with van der Waals surface area (Å²) in [5, 5.41) is 12.8. The van der Waals surface area contributed by atoms with Gasteiger partial charge in [0, 0.05) is 38.9 Å². The van der Waals surface area contributed by atoms with Crippen LogP contribution in [0.15, 0.2) is 17.1 Å². The third-order valence-electron chi connectivity index (χ3n) is 4.71. The molecule has 4 N–H and O–H groups in total. The molecule has 1 fully saturated rings. The topological polar surface area (TPSA) is 113 Å². The Morgan fingerprint density at radius 2 is 2.00 bits per heavy atom. The van der Waals surface area contributed by atoms with Crippen LogP contribution in [-0.2, 0) is 6.54 Å². The number of nitrogens with two attached hydrogens (primary N) is 1. The number of pyridine rings is 1. The van der Waals surface area contributed by atoms with Gasteiger partial charge < -0.3 is 19.8 Å². The first-order valence-corrected chi connectivity index (χ1v) is 9.14. The Labute approximate surface area is 161 Å². The van der Waals surface area contributed by atoms with Crippen LogP contribution < -0.4 is 21.4 Å². The molecule has 0 unspecified atom stereocenters. The van der Waals surface area contributed by atoms with E-state index < -0.39 is 22.8 Å². The van der Waals surface area contributed by atoms with Crippen LogP contribution in [0.4, 0.5) is 10.1 Å². The summed E-state index contributed by atoms with van der Waals surface area (Å²) in [5.41, 5.74) is 2.37. The molecule has 0 saturated carbocycles. The number of aromatic nitrogens is 1. The Bertz CT molecular complexity index is 953. The zero-order chi connectivity index (χ0) is 20.4. The van der Waals surface area contributed by atoms with Crippen molar-refractivity contribution < 1.29 is 19.0 Å². The first-order chi connectivity index (χ1) is 13.4. The lowest BCUT2D eigenvalue weighted by molar-refractivity contribution is 0.0695. The van der Waals surface area contributed by atoms with Gasteiger partial charge in [-0.3, -0.25) is 10.6 Å². The molecular weight excluding hydrogens is 369 g/mol. The molecule has 1 aromatic heterocycles. The molecule has 0 amide bonds. The van der Waals surface area contributed by atoms with Crippen LogP contribution in [0.1, 0.15) is 24.2 Å². The number of ether oxygens (including phenoxy) is 1. The molecule has 0 bridgehead atoms. The average molecular weight is 393 g/mol. The monoisotopic (exact) mass is 393 g/mol. The molecule has 0 radical (unpaired) electrons. The number of rotatable bonds is 6. The maximum absolute atomic E-state index is 15.0. The zero-order valence-electron chi connectivity index (χ0n) is 15.9. The number of carbonyl (C=O) groups is 1. The quantitative estimate of drug-likeness (QED) is 0.625. The van der Waals surface area contributed by atoms with E-state index in [4.69, 9.17) is 10.6 Å². The minimum absolute atomic E-state index is 0.0278. The van der Waals surface area contributed by atoms with Gasteiger partial charge in [-0.1, -0.05) is 0 Å². The number of hydrogen-bond acceptors (Lipinski definition) is 7. The number of halogens is 1. The molecular formula is C18H24FN5O4. The second kappa shape index (κ2) is 8.13. The van der Waals surface area contributed by atoms with E-state index in [-0.39, 0.29) is 23.4 Å². The fourth-order valence-corrected chi connectivity index (χ4v) is 3.28. The van der Waals surface area contributed by atoms with Crippen LogP contribution in [0.3, 0.4) is 0 Å². The molecule has 2 heterocycles. The van der Waals surface area contributed by atoms with E-state index in [1.54, 1.807) is 16.5 Å². The number of fused-ring (bicyclic) bond motifs is 1. The van der Waals surface area contributed by atoms with Gasteiger partial charge in [0.1, 0.15) is 11.3 Å². The highest BCUT2D eigenvalue weighted by atomic mass is 19.1. The summed E-state index contributed by atoms with van der Waals surface area (Å²) in [4.78, 5) is 24.0. The van der Waals surface area contributed by atoms with Gasteiger partial charge in [0.2, 0.25) is 5.43 Å². The molecule has 0 aliphatic carbocycles. The number of carboxylic acid groups (broad SMARTS) is 1. The van der Waals surface area contributed by atoms with Crippen LogP contribution in [0.2, 0.25) is 0 Å². The number of benzene rings is 1. The number of carboxylic acids is 1. The molecule has 3 rings (SSSR count). The maximum atomic E-state index is 15.0. The van der Waals surface area contributed by atoms with Crippen molar-refractivity contribution in [1.82, 2.24) is 14.6 Å². The molecule has 1 aliphatic heterocycles. The van der Waals surface area contributed by atoms with Crippen LogP contribution in [-0.4, -0.2) is 58.4 Å². The Morgan fingerprint density at radius 3 is 2.57 bits per heavy atom. The van der Waals surface area contributed by atoms with E-state index in [9.17, 15) is 19.1 Å². The summed E-state index contributed by atoms with van der Waals surface area (Å²) >= 11 is 0. The molecule has 0 spiro atoms. The van der Waals surface area contributed by atoms with Crippen molar-refractivity contribution in [3.8, 4) is 5.75 Å². The van der Waals surface area contributed by atoms with Crippen molar-refractivity contribution in [3.05, 3.63) is 33.9 Å². The van der Waals surface area contributed by atoms with E-state index in [0.29, 0.717) is 38.2 Å². The lowest BCUT2D eigenvalue weighted by Crippen LogP contribution is -2.51. The minimum Gasteiger partial charge on any atom is -0.489 e. The maximum Gasteiger partial charge on any atom is 0.341 e.